The Bertz CT molecular complexity index is 334. The van der Waals surface area contributed by atoms with E-state index in [1.54, 1.807) is 6.20 Å². The van der Waals surface area contributed by atoms with Crippen LogP contribution in [-0.2, 0) is 11.2 Å². The number of nitrogens with zero attached hydrogens (tertiary/aromatic N) is 2. The van der Waals surface area contributed by atoms with Crippen molar-refractivity contribution in [1.29, 1.82) is 0 Å². The summed E-state index contributed by atoms with van der Waals surface area (Å²) in [4.78, 5) is 0. The summed E-state index contributed by atoms with van der Waals surface area (Å²) in [5, 5.41) is 4.14. The zero-order valence-electron chi connectivity index (χ0n) is 9.36. The first-order valence-corrected chi connectivity index (χ1v) is 5.82. The van der Waals surface area contributed by atoms with Gasteiger partial charge in [-0.05, 0) is 32.2 Å². The van der Waals surface area contributed by atoms with Crippen LogP contribution < -0.4 is 5.73 Å². The van der Waals surface area contributed by atoms with Gasteiger partial charge in [0.15, 0.2) is 0 Å². The highest BCUT2D eigenvalue weighted by molar-refractivity contribution is 5.07. The van der Waals surface area contributed by atoms with Crippen LogP contribution in [0.25, 0.3) is 0 Å². The third-order valence-corrected chi connectivity index (χ3v) is 2.99. The monoisotopic (exact) mass is 227 g/mol. The van der Waals surface area contributed by atoms with Crippen LogP contribution in [0.4, 0.5) is 4.39 Å². The minimum absolute atomic E-state index is 0.153. The molecule has 2 heterocycles. The molecule has 0 atom stereocenters. The van der Waals surface area contributed by atoms with E-state index in [-0.39, 0.29) is 12.0 Å². The molecule has 0 bridgehead atoms. The topological polar surface area (TPSA) is 53.1 Å². The number of aromatic nitrogens is 2. The molecule has 0 saturated carbocycles. The molecule has 16 heavy (non-hydrogen) atoms. The highest BCUT2D eigenvalue weighted by atomic mass is 19.1. The molecule has 4 nitrogen and oxygen atoms in total. The number of aryl methyl sites for hydroxylation is 1. The van der Waals surface area contributed by atoms with Crippen LogP contribution in [0.15, 0.2) is 6.20 Å². The summed E-state index contributed by atoms with van der Waals surface area (Å²) in [6, 6.07) is 0.153. The largest absolute Gasteiger partial charge is 0.381 e. The summed E-state index contributed by atoms with van der Waals surface area (Å²) in [5.41, 5.74) is 6.09. The van der Waals surface area contributed by atoms with Gasteiger partial charge in [-0.2, -0.15) is 9.49 Å². The fourth-order valence-corrected chi connectivity index (χ4v) is 2.03. The van der Waals surface area contributed by atoms with E-state index in [2.05, 4.69) is 5.10 Å². The summed E-state index contributed by atoms with van der Waals surface area (Å²) >= 11 is 0. The molecule has 1 aliphatic heterocycles. The molecule has 2 rings (SSSR count). The van der Waals surface area contributed by atoms with Crippen LogP contribution in [0.2, 0.25) is 0 Å². The minimum Gasteiger partial charge on any atom is -0.381 e. The molecule has 1 saturated heterocycles. The number of nitrogens with two attached hydrogens (primary N) is 1. The number of hydrogen-bond acceptors (Lipinski definition) is 3. The molecular weight excluding hydrogens is 209 g/mol. The average molecular weight is 227 g/mol. The predicted molar refractivity (Wildman–Crippen MR) is 58.7 cm³/mol. The SMILES string of the molecule is NCCCc1cnn(C2CCOCC2)c1F. The average Bonchev–Trinajstić information content (AvgIpc) is 2.69. The number of ether oxygens (including phenoxy) is 1. The van der Waals surface area contributed by atoms with Crippen LogP contribution in [0.1, 0.15) is 30.9 Å². The standard InChI is InChI=1S/C11H18FN3O/c12-11-9(2-1-5-13)8-14-15(11)10-3-6-16-7-4-10/h8,10H,1-7,13H2. The lowest BCUT2D eigenvalue weighted by Crippen LogP contribution is -2.21. The Hall–Kier alpha value is -0.940. The molecule has 0 amide bonds. The molecule has 0 unspecified atom stereocenters. The van der Waals surface area contributed by atoms with E-state index in [9.17, 15) is 4.39 Å². The Morgan fingerprint density at radius 3 is 2.94 bits per heavy atom. The lowest BCUT2D eigenvalue weighted by atomic mass is 10.1. The van der Waals surface area contributed by atoms with E-state index < -0.39 is 0 Å². The second-order valence-electron chi connectivity index (χ2n) is 4.14. The van der Waals surface area contributed by atoms with Crippen LogP contribution in [0.3, 0.4) is 0 Å². The molecule has 0 spiro atoms. The highest BCUT2D eigenvalue weighted by Crippen LogP contribution is 2.22. The highest BCUT2D eigenvalue weighted by Gasteiger charge is 2.20. The van der Waals surface area contributed by atoms with E-state index in [0.29, 0.717) is 31.7 Å². The van der Waals surface area contributed by atoms with Crippen molar-refractivity contribution in [2.75, 3.05) is 19.8 Å². The summed E-state index contributed by atoms with van der Waals surface area (Å²) < 4.78 is 20.7. The van der Waals surface area contributed by atoms with E-state index in [0.717, 1.165) is 19.3 Å². The molecule has 1 aromatic heterocycles. The fraction of sp³-hybridized carbons (Fsp3) is 0.727. The van der Waals surface area contributed by atoms with Gasteiger partial charge >= 0.3 is 0 Å². The van der Waals surface area contributed by atoms with Gasteiger partial charge in [-0.3, -0.25) is 0 Å². The van der Waals surface area contributed by atoms with Crippen molar-refractivity contribution in [1.82, 2.24) is 9.78 Å². The Morgan fingerprint density at radius 1 is 1.50 bits per heavy atom. The zero-order valence-corrected chi connectivity index (χ0v) is 9.36. The van der Waals surface area contributed by atoms with Crippen LogP contribution >= 0.6 is 0 Å². The van der Waals surface area contributed by atoms with Gasteiger partial charge < -0.3 is 10.5 Å². The maximum absolute atomic E-state index is 14.0. The Labute approximate surface area is 94.6 Å². The molecule has 90 valence electrons. The molecule has 1 aliphatic rings. The van der Waals surface area contributed by atoms with Crippen LogP contribution in [0, 0.1) is 5.95 Å². The van der Waals surface area contributed by atoms with Crippen molar-refractivity contribution in [3.63, 3.8) is 0 Å². The third-order valence-electron chi connectivity index (χ3n) is 2.99. The van der Waals surface area contributed by atoms with Crippen LogP contribution in [-0.4, -0.2) is 29.5 Å². The second-order valence-corrected chi connectivity index (χ2v) is 4.14. The first-order valence-electron chi connectivity index (χ1n) is 5.82. The van der Waals surface area contributed by atoms with Crippen molar-refractivity contribution >= 4 is 0 Å². The number of hydrogen-bond donors (Lipinski definition) is 1. The molecule has 0 aliphatic carbocycles. The Balaban J connectivity index is 2.06. The maximum atomic E-state index is 14.0. The summed E-state index contributed by atoms with van der Waals surface area (Å²) in [6.07, 6.45) is 4.78. The van der Waals surface area contributed by atoms with E-state index in [4.69, 9.17) is 10.5 Å². The lowest BCUT2D eigenvalue weighted by Gasteiger charge is -2.22. The van der Waals surface area contributed by atoms with Gasteiger partial charge in [0.1, 0.15) is 0 Å². The summed E-state index contributed by atoms with van der Waals surface area (Å²) in [6.45, 7) is 1.98. The van der Waals surface area contributed by atoms with Gasteiger partial charge in [-0.1, -0.05) is 0 Å². The molecule has 0 radical (unpaired) electrons. The van der Waals surface area contributed by atoms with Gasteiger partial charge in [0.05, 0.1) is 12.2 Å². The first kappa shape index (κ1) is 11.5. The van der Waals surface area contributed by atoms with E-state index >= 15 is 0 Å². The minimum atomic E-state index is -0.194. The molecule has 1 aromatic rings. The number of rotatable bonds is 4. The smallest absolute Gasteiger partial charge is 0.214 e. The van der Waals surface area contributed by atoms with Crippen LogP contribution in [0.5, 0.6) is 0 Å². The molecule has 5 heteroatoms. The molecular formula is C11H18FN3O. The normalized spacial score (nSPS) is 17.9. The van der Waals surface area contributed by atoms with Gasteiger partial charge in [0, 0.05) is 18.8 Å². The quantitative estimate of drug-likeness (QED) is 0.842. The zero-order chi connectivity index (χ0) is 11.4. The van der Waals surface area contributed by atoms with E-state index in [1.165, 1.54) is 4.68 Å². The Kier molecular flexibility index (Phi) is 3.90. The first-order chi connectivity index (χ1) is 7.83. The van der Waals surface area contributed by atoms with E-state index in [1.807, 2.05) is 0 Å². The lowest BCUT2D eigenvalue weighted by molar-refractivity contribution is 0.0626. The van der Waals surface area contributed by atoms with Crippen molar-refractivity contribution in [3.05, 3.63) is 17.7 Å². The van der Waals surface area contributed by atoms with Crippen molar-refractivity contribution in [2.45, 2.75) is 31.7 Å². The molecule has 1 fully saturated rings. The van der Waals surface area contributed by atoms with Gasteiger partial charge in [-0.25, -0.2) is 4.68 Å². The molecule has 2 N–H and O–H groups in total. The van der Waals surface area contributed by atoms with Gasteiger partial charge in [0.25, 0.3) is 0 Å². The number of halogens is 1. The Morgan fingerprint density at radius 2 is 2.25 bits per heavy atom. The third kappa shape index (κ3) is 2.41. The van der Waals surface area contributed by atoms with Gasteiger partial charge in [0.2, 0.25) is 5.95 Å². The summed E-state index contributed by atoms with van der Waals surface area (Å²) in [5.74, 6) is -0.194. The van der Waals surface area contributed by atoms with Crippen molar-refractivity contribution in [2.24, 2.45) is 5.73 Å². The summed E-state index contributed by atoms with van der Waals surface area (Å²) in [7, 11) is 0. The predicted octanol–water partition coefficient (Wildman–Crippen LogP) is 1.26. The maximum Gasteiger partial charge on any atom is 0.214 e. The fourth-order valence-electron chi connectivity index (χ4n) is 2.03. The van der Waals surface area contributed by atoms with Crippen molar-refractivity contribution in [3.8, 4) is 0 Å². The van der Waals surface area contributed by atoms with Gasteiger partial charge in [-0.15, -0.1) is 0 Å². The molecule has 0 aromatic carbocycles. The van der Waals surface area contributed by atoms with Crippen molar-refractivity contribution < 1.29 is 9.13 Å². The second kappa shape index (κ2) is 5.41.